The molecule has 0 aliphatic carbocycles. The van der Waals surface area contributed by atoms with Crippen molar-refractivity contribution >= 4 is 55.4 Å². The number of esters is 2. The highest BCUT2D eigenvalue weighted by Gasteiger charge is 2.29. The number of carbonyl (C=O) groups is 2. The van der Waals surface area contributed by atoms with Crippen LogP contribution in [0.15, 0.2) is 33.7 Å². The van der Waals surface area contributed by atoms with Crippen LogP contribution in [-0.2, 0) is 9.47 Å². The van der Waals surface area contributed by atoms with E-state index in [1.54, 1.807) is 20.1 Å². The lowest BCUT2D eigenvalue weighted by Gasteiger charge is -2.05. The standard InChI is InChI=1S/C17H17BrN2O4S/c1-3-23-16(21)12-13(17(22)24-4-2)15(25-14(12)19)20-9-10-5-7-11(18)8-6-10/h5-9H,3-4,19H2,1-2H3. The minimum atomic E-state index is -0.663. The molecule has 6 nitrogen and oxygen atoms in total. The Kier molecular flexibility index (Phi) is 6.72. The minimum absolute atomic E-state index is 0.00764. The molecule has 0 spiro atoms. The van der Waals surface area contributed by atoms with Gasteiger partial charge in [0.05, 0.1) is 13.2 Å². The Morgan fingerprint density at radius 3 is 2.24 bits per heavy atom. The van der Waals surface area contributed by atoms with Crippen molar-refractivity contribution in [1.29, 1.82) is 0 Å². The molecule has 1 heterocycles. The van der Waals surface area contributed by atoms with Gasteiger partial charge in [-0.2, -0.15) is 0 Å². The summed E-state index contributed by atoms with van der Waals surface area (Å²) in [6.07, 6.45) is 1.59. The maximum atomic E-state index is 12.3. The molecule has 2 aromatic rings. The van der Waals surface area contributed by atoms with Crippen LogP contribution in [0.1, 0.15) is 40.1 Å². The molecule has 0 bridgehead atoms. The zero-order valence-electron chi connectivity index (χ0n) is 13.7. The van der Waals surface area contributed by atoms with Gasteiger partial charge in [-0.25, -0.2) is 14.6 Å². The number of nitrogens with two attached hydrogens (primary N) is 1. The van der Waals surface area contributed by atoms with Gasteiger partial charge in [0.1, 0.15) is 21.1 Å². The smallest absolute Gasteiger partial charge is 0.342 e. The van der Waals surface area contributed by atoms with Gasteiger partial charge < -0.3 is 15.2 Å². The van der Waals surface area contributed by atoms with E-state index < -0.39 is 11.9 Å². The van der Waals surface area contributed by atoms with Gasteiger partial charge in [-0.3, -0.25) is 0 Å². The fourth-order valence-corrected chi connectivity index (χ4v) is 3.16. The molecule has 8 heteroatoms. The number of halogens is 1. The van der Waals surface area contributed by atoms with Gasteiger partial charge in [-0.15, -0.1) is 0 Å². The third kappa shape index (κ3) is 4.67. The predicted octanol–water partition coefficient (Wildman–Crippen LogP) is 4.20. The first-order chi connectivity index (χ1) is 12.0. The normalized spacial score (nSPS) is 10.8. The first kappa shape index (κ1) is 19.1. The van der Waals surface area contributed by atoms with E-state index in [0.717, 1.165) is 21.4 Å². The van der Waals surface area contributed by atoms with Gasteiger partial charge in [0.2, 0.25) is 0 Å². The van der Waals surface area contributed by atoms with Crippen LogP contribution in [0.3, 0.4) is 0 Å². The Morgan fingerprint density at radius 2 is 1.68 bits per heavy atom. The first-order valence-corrected chi connectivity index (χ1v) is 9.15. The van der Waals surface area contributed by atoms with Crippen molar-refractivity contribution in [2.24, 2.45) is 4.99 Å². The molecule has 1 aromatic carbocycles. The van der Waals surface area contributed by atoms with Gasteiger partial charge in [-0.1, -0.05) is 39.4 Å². The van der Waals surface area contributed by atoms with Crippen molar-refractivity contribution in [3.63, 3.8) is 0 Å². The fraction of sp³-hybridized carbons (Fsp3) is 0.235. The molecule has 2 N–H and O–H groups in total. The maximum Gasteiger partial charge on any atom is 0.342 e. The van der Waals surface area contributed by atoms with E-state index in [2.05, 4.69) is 20.9 Å². The van der Waals surface area contributed by atoms with Crippen molar-refractivity contribution in [3.8, 4) is 0 Å². The van der Waals surface area contributed by atoms with E-state index in [-0.39, 0.29) is 29.3 Å². The molecule has 132 valence electrons. The number of nitrogens with zero attached hydrogens (tertiary/aromatic N) is 1. The van der Waals surface area contributed by atoms with Gasteiger partial charge in [-0.05, 0) is 31.5 Å². The second-order valence-corrected chi connectivity index (χ2v) is 6.72. The number of thiophene rings is 1. The van der Waals surface area contributed by atoms with Crippen LogP contribution in [0, 0.1) is 0 Å². The molecule has 25 heavy (non-hydrogen) atoms. The van der Waals surface area contributed by atoms with Gasteiger partial charge >= 0.3 is 11.9 Å². The fourth-order valence-electron chi connectivity index (χ4n) is 2.01. The van der Waals surface area contributed by atoms with Crippen LogP contribution in [0.4, 0.5) is 10.0 Å². The number of carbonyl (C=O) groups excluding carboxylic acids is 2. The van der Waals surface area contributed by atoms with Crippen molar-refractivity contribution in [2.75, 3.05) is 18.9 Å². The summed E-state index contributed by atoms with van der Waals surface area (Å²) >= 11 is 4.40. The molecule has 0 saturated carbocycles. The quantitative estimate of drug-likeness (QED) is 0.554. The van der Waals surface area contributed by atoms with Crippen molar-refractivity contribution in [1.82, 2.24) is 0 Å². The largest absolute Gasteiger partial charge is 0.462 e. The number of ether oxygens (including phenoxy) is 2. The molecule has 0 saturated heterocycles. The molecule has 0 unspecified atom stereocenters. The zero-order valence-corrected chi connectivity index (χ0v) is 16.1. The predicted molar refractivity (Wildman–Crippen MR) is 102 cm³/mol. The van der Waals surface area contributed by atoms with Crippen molar-refractivity contribution < 1.29 is 19.1 Å². The highest BCUT2D eigenvalue weighted by molar-refractivity contribution is 9.10. The average Bonchev–Trinajstić information content (AvgIpc) is 2.91. The second-order valence-electron chi connectivity index (χ2n) is 4.77. The summed E-state index contributed by atoms with van der Waals surface area (Å²) in [7, 11) is 0. The number of nitrogen functional groups attached to an aromatic ring is 1. The number of rotatable bonds is 6. The van der Waals surface area contributed by atoms with Crippen molar-refractivity contribution in [3.05, 3.63) is 45.4 Å². The number of hydrogen-bond donors (Lipinski definition) is 1. The Morgan fingerprint density at radius 1 is 1.12 bits per heavy atom. The Balaban J connectivity index is 2.45. The average molecular weight is 425 g/mol. The van der Waals surface area contributed by atoms with E-state index in [1.807, 2.05) is 24.3 Å². The molecule has 0 aliphatic heterocycles. The molecule has 2 rings (SSSR count). The molecule has 0 aliphatic rings. The van der Waals surface area contributed by atoms with Crippen LogP contribution >= 0.6 is 27.3 Å². The SMILES string of the molecule is CCOC(=O)c1c(N)sc(N=Cc2ccc(Br)cc2)c1C(=O)OCC. The third-order valence-electron chi connectivity index (χ3n) is 3.08. The summed E-state index contributed by atoms with van der Waals surface area (Å²) in [5.74, 6) is -1.31. The third-order valence-corrected chi connectivity index (χ3v) is 4.53. The Labute approximate surface area is 157 Å². The molecular weight excluding hydrogens is 408 g/mol. The van der Waals surface area contributed by atoms with Gasteiger partial charge in [0, 0.05) is 10.7 Å². The lowest BCUT2D eigenvalue weighted by molar-refractivity contribution is 0.0481. The Bertz CT molecular complexity index is 800. The second kappa shape index (κ2) is 8.77. The number of aliphatic imine (C=N–C) groups is 1. The van der Waals surface area contributed by atoms with Crippen LogP contribution in [0.25, 0.3) is 0 Å². The summed E-state index contributed by atoms with van der Waals surface area (Å²) < 4.78 is 11.0. The monoisotopic (exact) mass is 424 g/mol. The topological polar surface area (TPSA) is 91.0 Å². The van der Waals surface area contributed by atoms with E-state index >= 15 is 0 Å². The Hall–Kier alpha value is -2.19. The van der Waals surface area contributed by atoms with Crippen LogP contribution in [0.2, 0.25) is 0 Å². The van der Waals surface area contributed by atoms with E-state index in [1.165, 1.54) is 0 Å². The van der Waals surface area contributed by atoms with Gasteiger partial charge in [0.25, 0.3) is 0 Å². The molecule has 1 aromatic heterocycles. The zero-order chi connectivity index (χ0) is 18.4. The number of anilines is 1. The number of hydrogen-bond acceptors (Lipinski definition) is 7. The van der Waals surface area contributed by atoms with Crippen molar-refractivity contribution in [2.45, 2.75) is 13.8 Å². The summed E-state index contributed by atoms with van der Waals surface area (Å²) in [5.41, 5.74) is 6.81. The first-order valence-electron chi connectivity index (χ1n) is 7.54. The molecule has 0 atom stereocenters. The van der Waals surface area contributed by atoms with Crippen LogP contribution in [-0.4, -0.2) is 31.4 Å². The summed E-state index contributed by atoms with van der Waals surface area (Å²) in [4.78, 5) is 28.8. The van der Waals surface area contributed by atoms with Crippen LogP contribution < -0.4 is 5.73 Å². The lowest BCUT2D eigenvalue weighted by Crippen LogP contribution is -2.13. The molecule has 0 radical (unpaired) electrons. The van der Waals surface area contributed by atoms with E-state index in [9.17, 15) is 9.59 Å². The van der Waals surface area contributed by atoms with E-state index in [0.29, 0.717) is 5.00 Å². The summed E-state index contributed by atoms with van der Waals surface area (Å²) in [6.45, 7) is 3.71. The lowest BCUT2D eigenvalue weighted by atomic mass is 10.1. The molecule has 0 fully saturated rings. The molecular formula is C17H17BrN2O4S. The highest BCUT2D eigenvalue weighted by atomic mass is 79.9. The molecule has 0 amide bonds. The highest BCUT2D eigenvalue weighted by Crippen LogP contribution is 2.38. The maximum absolute atomic E-state index is 12.3. The summed E-state index contributed by atoms with van der Waals surface area (Å²) in [6, 6.07) is 7.47. The van der Waals surface area contributed by atoms with Gasteiger partial charge in [0.15, 0.2) is 0 Å². The van der Waals surface area contributed by atoms with Crippen LogP contribution in [0.5, 0.6) is 0 Å². The van der Waals surface area contributed by atoms with E-state index in [4.69, 9.17) is 15.2 Å². The summed E-state index contributed by atoms with van der Waals surface area (Å²) in [5, 5.41) is 0.478. The number of benzene rings is 1. The minimum Gasteiger partial charge on any atom is -0.462 e.